The highest BCUT2D eigenvalue weighted by atomic mass is 19.3. The average molecular weight is 492 g/mol. The average Bonchev–Trinajstić information content (AvgIpc) is 3.27. The molecule has 0 bridgehead atoms. The van der Waals surface area contributed by atoms with Gasteiger partial charge in [-0.25, -0.2) is 18.2 Å². The number of nitrogens with zero attached hydrogens (tertiary/aromatic N) is 2. The summed E-state index contributed by atoms with van der Waals surface area (Å²) >= 11 is 0. The Bertz CT molecular complexity index is 1090. The lowest BCUT2D eigenvalue weighted by atomic mass is 9.79. The second kappa shape index (κ2) is 9.31. The fraction of sp³-hybridized carbons (Fsp3) is 0.520. The summed E-state index contributed by atoms with van der Waals surface area (Å²) in [5, 5.41) is 0. The second-order valence-electron chi connectivity index (χ2n) is 9.29. The molecule has 1 amide bonds. The van der Waals surface area contributed by atoms with E-state index in [9.17, 15) is 18.0 Å². The molecule has 0 radical (unpaired) electrons. The summed E-state index contributed by atoms with van der Waals surface area (Å²) in [6.07, 6.45) is 0.316. The minimum atomic E-state index is -2.55. The molecule has 1 aromatic carbocycles. The van der Waals surface area contributed by atoms with Crippen molar-refractivity contribution in [2.24, 2.45) is 5.92 Å². The third-order valence-electron chi connectivity index (χ3n) is 7.04. The number of pyridine rings is 1. The molecule has 2 unspecified atom stereocenters. The van der Waals surface area contributed by atoms with Gasteiger partial charge in [0.15, 0.2) is 5.75 Å². The van der Waals surface area contributed by atoms with E-state index in [1.807, 2.05) is 6.07 Å². The first-order valence-electron chi connectivity index (χ1n) is 11.7. The summed E-state index contributed by atoms with van der Waals surface area (Å²) in [4.78, 5) is 19.2. The number of rotatable bonds is 7. The van der Waals surface area contributed by atoms with Crippen LogP contribution in [0.1, 0.15) is 41.7 Å². The predicted molar refractivity (Wildman–Crippen MR) is 118 cm³/mol. The molecule has 188 valence electrons. The summed E-state index contributed by atoms with van der Waals surface area (Å²) in [5.41, 5.74) is 0.0792. The van der Waals surface area contributed by atoms with Gasteiger partial charge in [0, 0.05) is 25.8 Å². The molecule has 2 aliphatic heterocycles. The number of amides is 1. The molecule has 2 saturated heterocycles. The van der Waals surface area contributed by atoms with Crippen LogP contribution in [-0.4, -0.2) is 61.4 Å². The Kier molecular flexibility index (Phi) is 6.35. The van der Waals surface area contributed by atoms with Crippen LogP contribution in [0.25, 0.3) is 0 Å². The molecule has 2 aromatic rings. The first kappa shape index (κ1) is 23.9. The van der Waals surface area contributed by atoms with Gasteiger partial charge in [-0.1, -0.05) is 12.1 Å². The fourth-order valence-corrected chi connectivity index (χ4v) is 5.11. The first-order valence-corrected chi connectivity index (χ1v) is 11.7. The van der Waals surface area contributed by atoms with E-state index in [1.54, 1.807) is 23.1 Å². The zero-order valence-corrected chi connectivity index (χ0v) is 19.3. The number of methoxy groups -OCH3 is 1. The number of hydrogen-bond acceptors (Lipinski definition) is 6. The number of aromatic nitrogens is 1. The third kappa shape index (κ3) is 4.69. The summed E-state index contributed by atoms with van der Waals surface area (Å²) in [7, 11) is 1.42. The van der Waals surface area contributed by atoms with Crippen molar-refractivity contribution < 1.29 is 36.9 Å². The van der Waals surface area contributed by atoms with Crippen molar-refractivity contribution in [3.63, 3.8) is 0 Å². The van der Waals surface area contributed by atoms with Crippen molar-refractivity contribution in [2.45, 2.75) is 43.3 Å². The molecule has 7 nitrogen and oxygen atoms in total. The number of fused-ring (bicyclic) bond motifs is 1. The van der Waals surface area contributed by atoms with Crippen LogP contribution >= 0.6 is 0 Å². The van der Waals surface area contributed by atoms with E-state index >= 15 is 0 Å². The van der Waals surface area contributed by atoms with Crippen LogP contribution in [0.15, 0.2) is 36.4 Å². The maximum Gasteiger partial charge on any atom is 0.272 e. The van der Waals surface area contributed by atoms with E-state index in [4.69, 9.17) is 18.9 Å². The third-order valence-corrected chi connectivity index (χ3v) is 7.04. The number of piperidine rings is 1. The minimum absolute atomic E-state index is 0.0507. The number of carbonyl (C=O) groups excluding carboxylic acids is 1. The molecular weight excluding hydrogens is 465 g/mol. The molecule has 3 aliphatic rings. The van der Waals surface area contributed by atoms with Crippen molar-refractivity contribution in [2.75, 3.05) is 33.6 Å². The van der Waals surface area contributed by atoms with Crippen LogP contribution in [0.2, 0.25) is 0 Å². The van der Waals surface area contributed by atoms with Crippen LogP contribution in [0.5, 0.6) is 11.6 Å². The maximum atomic E-state index is 13.9. The van der Waals surface area contributed by atoms with Gasteiger partial charge < -0.3 is 23.8 Å². The number of halogens is 3. The smallest absolute Gasteiger partial charge is 0.272 e. The number of alkyl halides is 2. The van der Waals surface area contributed by atoms with Crippen LogP contribution in [0.4, 0.5) is 13.2 Å². The largest absolute Gasteiger partial charge is 0.488 e. The zero-order valence-electron chi connectivity index (χ0n) is 19.3. The van der Waals surface area contributed by atoms with Crippen LogP contribution < -0.4 is 9.47 Å². The number of benzene rings is 1. The number of likely N-dealkylation sites (tertiary alicyclic amines) is 1. The summed E-state index contributed by atoms with van der Waals surface area (Å²) < 4.78 is 62.5. The van der Waals surface area contributed by atoms with Gasteiger partial charge in [0.05, 0.1) is 20.3 Å². The molecule has 1 aliphatic carbocycles. The van der Waals surface area contributed by atoms with Gasteiger partial charge in [0.2, 0.25) is 5.92 Å². The van der Waals surface area contributed by atoms with Gasteiger partial charge in [0.25, 0.3) is 11.8 Å². The SMILES string of the molecule is COc1nc(C(=O)N2CCC3(c4cccc(F)c4)OCOC3C2)ccc1OCCC1CC(F)(F)C1. The molecular formula is C25H27F3N2O5. The topological polar surface area (TPSA) is 70.1 Å². The standard InChI is InChI=1S/C25H27F3N2O5/c1-32-22-20(33-10-7-16-12-24(27,28)13-16)6-5-19(29-22)23(31)30-9-8-25(21(14-30)34-15-35-25)17-3-2-4-18(26)11-17/h2-6,11,16,21H,7-10,12-15H2,1H3. The zero-order chi connectivity index (χ0) is 24.6. The fourth-order valence-electron chi connectivity index (χ4n) is 5.11. The van der Waals surface area contributed by atoms with Gasteiger partial charge in [-0.3, -0.25) is 4.79 Å². The van der Waals surface area contributed by atoms with Crippen molar-refractivity contribution in [3.8, 4) is 11.6 Å². The summed E-state index contributed by atoms with van der Waals surface area (Å²) in [6, 6.07) is 9.42. The van der Waals surface area contributed by atoms with Crippen molar-refractivity contribution in [3.05, 3.63) is 53.5 Å². The molecule has 0 spiro atoms. The second-order valence-corrected chi connectivity index (χ2v) is 9.29. The number of hydrogen-bond donors (Lipinski definition) is 0. The van der Waals surface area contributed by atoms with Crippen molar-refractivity contribution in [1.29, 1.82) is 0 Å². The minimum Gasteiger partial charge on any atom is -0.488 e. The summed E-state index contributed by atoms with van der Waals surface area (Å²) in [6.45, 7) is 0.978. The van der Waals surface area contributed by atoms with E-state index in [-0.39, 0.29) is 62.0 Å². The van der Waals surface area contributed by atoms with Crippen LogP contribution in [0.3, 0.4) is 0 Å². The molecule has 2 atom stereocenters. The van der Waals surface area contributed by atoms with E-state index < -0.39 is 17.6 Å². The molecule has 1 saturated carbocycles. The van der Waals surface area contributed by atoms with Gasteiger partial charge in [-0.15, -0.1) is 0 Å². The predicted octanol–water partition coefficient (Wildman–Crippen LogP) is 4.16. The molecule has 0 N–H and O–H groups in total. The van der Waals surface area contributed by atoms with Gasteiger partial charge in [-0.05, 0) is 42.2 Å². The van der Waals surface area contributed by atoms with E-state index in [0.29, 0.717) is 30.7 Å². The maximum absolute atomic E-state index is 13.9. The number of ether oxygens (including phenoxy) is 4. The van der Waals surface area contributed by atoms with Crippen LogP contribution in [-0.2, 0) is 15.1 Å². The Hall–Kier alpha value is -2.85. The Morgan fingerprint density at radius 2 is 2.09 bits per heavy atom. The number of carbonyl (C=O) groups is 1. The van der Waals surface area contributed by atoms with Gasteiger partial charge in [-0.2, -0.15) is 0 Å². The monoisotopic (exact) mass is 492 g/mol. The normalized spacial score (nSPS) is 25.6. The highest BCUT2D eigenvalue weighted by molar-refractivity contribution is 5.92. The Morgan fingerprint density at radius 1 is 1.26 bits per heavy atom. The quantitative estimate of drug-likeness (QED) is 0.578. The molecule has 10 heteroatoms. The highest BCUT2D eigenvalue weighted by Gasteiger charge is 2.51. The first-order chi connectivity index (χ1) is 16.8. The van der Waals surface area contributed by atoms with Crippen molar-refractivity contribution in [1.82, 2.24) is 9.88 Å². The molecule has 3 fully saturated rings. The van der Waals surface area contributed by atoms with Crippen LogP contribution in [0, 0.1) is 11.7 Å². The Balaban J connectivity index is 1.23. The van der Waals surface area contributed by atoms with E-state index in [2.05, 4.69) is 4.98 Å². The molecule has 3 heterocycles. The Morgan fingerprint density at radius 3 is 2.83 bits per heavy atom. The van der Waals surface area contributed by atoms with E-state index in [1.165, 1.54) is 19.2 Å². The van der Waals surface area contributed by atoms with E-state index in [0.717, 1.165) is 0 Å². The summed E-state index contributed by atoms with van der Waals surface area (Å²) in [5.74, 6) is -2.74. The molecule has 5 rings (SSSR count). The lowest BCUT2D eigenvalue weighted by Gasteiger charge is -2.41. The molecule has 35 heavy (non-hydrogen) atoms. The van der Waals surface area contributed by atoms with Crippen molar-refractivity contribution >= 4 is 5.91 Å². The van der Waals surface area contributed by atoms with Gasteiger partial charge in [0.1, 0.15) is 30.0 Å². The highest BCUT2D eigenvalue weighted by Crippen LogP contribution is 2.44. The Labute approximate surface area is 201 Å². The lowest BCUT2D eigenvalue weighted by Crippen LogP contribution is -2.53. The van der Waals surface area contributed by atoms with Gasteiger partial charge >= 0.3 is 0 Å². The lowest BCUT2D eigenvalue weighted by molar-refractivity contribution is -0.113. The molecule has 1 aromatic heterocycles.